The van der Waals surface area contributed by atoms with Crippen LogP contribution in [0, 0.1) is 0 Å². The smallest absolute Gasteiger partial charge is 0.268 e. The summed E-state index contributed by atoms with van der Waals surface area (Å²) in [5, 5.41) is 4.52. The minimum atomic E-state index is -0.303. The summed E-state index contributed by atoms with van der Waals surface area (Å²) in [4.78, 5) is 35.2. The molecule has 4 aromatic rings. The van der Waals surface area contributed by atoms with Crippen LogP contribution in [-0.2, 0) is 6.42 Å². The summed E-state index contributed by atoms with van der Waals surface area (Å²) in [6.07, 6.45) is 3.81. The number of fused-ring (bicyclic) bond motifs is 3. The zero-order valence-corrected chi connectivity index (χ0v) is 15.7. The number of carbonyl (C=O) groups is 2. The number of hydrogen-bond acceptors (Lipinski definition) is 6. The fourth-order valence-corrected chi connectivity index (χ4v) is 4.60. The topological polar surface area (TPSA) is 98.0 Å². The summed E-state index contributed by atoms with van der Waals surface area (Å²) in [5.74, 6) is -0.211. The van der Waals surface area contributed by atoms with Crippen LogP contribution in [0.1, 0.15) is 38.6 Å². The Labute approximate surface area is 164 Å². The van der Waals surface area contributed by atoms with Gasteiger partial charge in [-0.05, 0) is 31.0 Å². The lowest BCUT2D eigenvalue weighted by Gasteiger charge is -2.13. The summed E-state index contributed by atoms with van der Waals surface area (Å²) in [5.41, 5.74) is 9.41. The summed E-state index contributed by atoms with van der Waals surface area (Å²) in [7, 11) is 0. The molecule has 0 saturated carbocycles. The highest BCUT2D eigenvalue weighted by atomic mass is 32.1. The molecule has 138 valence electrons. The molecule has 1 aromatic carbocycles. The molecule has 5 rings (SSSR count). The number of rotatable bonds is 2. The number of para-hydroxylation sites is 1. The number of ketones is 1. The van der Waals surface area contributed by atoms with Gasteiger partial charge < -0.3 is 11.1 Å². The fourth-order valence-electron chi connectivity index (χ4n) is 3.61. The first-order chi connectivity index (χ1) is 13.6. The molecule has 0 saturated heterocycles. The average molecular weight is 388 g/mol. The number of hydrogen-bond donors (Lipinski definition) is 2. The maximum absolute atomic E-state index is 12.9. The standard InChI is InChI=1S/C21H16N4O2S/c22-17-13-10-12-14(6-2-8-16(12)26)25-21(13)28-19(17)20(27)24-15-7-1-4-11-5-3-9-23-18(11)15/h1,3-5,7,9-10H,2,6,8,22H2,(H,24,27). The normalized spacial score (nSPS) is 13.6. The number of pyridine rings is 2. The number of nitrogens with zero attached hydrogens (tertiary/aromatic N) is 2. The number of aromatic nitrogens is 2. The zero-order valence-electron chi connectivity index (χ0n) is 14.9. The van der Waals surface area contributed by atoms with E-state index in [1.165, 1.54) is 11.3 Å². The van der Waals surface area contributed by atoms with E-state index in [1.54, 1.807) is 12.3 Å². The maximum atomic E-state index is 12.9. The lowest BCUT2D eigenvalue weighted by Crippen LogP contribution is -2.13. The van der Waals surface area contributed by atoms with E-state index in [-0.39, 0.29) is 11.7 Å². The van der Waals surface area contributed by atoms with Crippen LogP contribution < -0.4 is 11.1 Å². The summed E-state index contributed by atoms with van der Waals surface area (Å²) in [6, 6.07) is 11.2. The van der Waals surface area contributed by atoms with Crippen molar-refractivity contribution >= 4 is 55.5 Å². The van der Waals surface area contributed by atoms with Gasteiger partial charge in [0.25, 0.3) is 5.91 Å². The number of carbonyl (C=O) groups excluding carboxylic acids is 2. The fraction of sp³-hybridized carbons (Fsp3) is 0.143. The first-order valence-electron chi connectivity index (χ1n) is 9.02. The van der Waals surface area contributed by atoms with Gasteiger partial charge in [0.1, 0.15) is 9.71 Å². The molecule has 0 radical (unpaired) electrons. The van der Waals surface area contributed by atoms with Crippen molar-refractivity contribution in [3.63, 3.8) is 0 Å². The summed E-state index contributed by atoms with van der Waals surface area (Å²) >= 11 is 1.25. The molecule has 0 atom stereocenters. The highest BCUT2D eigenvalue weighted by Gasteiger charge is 2.24. The number of nitrogens with one attached hydrogen (secondary N) is 1. The third kappa shape index (κ3) is 2.63. The molecule has 1 aliphatic carbocycles. The van der Waals surface area contributed by atoms with E-state index in [0.717, 1.165) is 29.4 Å². The SMILES string of the molecule is Nc1c(C(=O)Nc2cccc3cccnc23)sc2nc3c(cc12)C(=O)CCC3. The molecular weight excluding hydrogens is 372 g/mol. The second-order valence-corrected chi connectivity index (χ2v) is 7.79. The molecule has 3 heterocycles. The number of amides is 1. The number of nitrogens with two attached hydrogens (primary N) is 1. The van der Waals surface area contributed by atoms with Gasteiger partial charge in [0.2, 0.25) is 0 Å². The molecule has 1 amide bonds. The van der Waals surface area contributed by atoms with Crippen molar-refractivity contribution in [1.82, 2.24) is 9.97 Å². The number of thiophene rings is 1. The Balaban J connectivity index is 1.56. The zero-order chi connectivity index (χ0) is 19.3. The Hall–Kier alpha value is -3.32. The van der Waals surface area contributed by atoms with Gasteiger partial charge in [-0.2, -0.15) is 0 Å². The van der Waals surface area contributed by atoms with Crippen LogP contribution in [0.15, 0.2) is 42.6 Å². The van der Waals surface area contributed by atoms with Crippen molar-refractivity contribution in [1.29, 1.82) is 0 Å². The Morgan fingerprint density at radius 1 is 1.18 bits per heavy atom. The molecule has 0 aliphatic heterocycles. The molecule has 0 spiro atoms. The van der Waals surface area contributed by atoms with Gasteiger partial charge in [0.05, 0.1) is 22.6 Å². The minimum absolute atomic E-state index is 0.0917. The monoisotopic (exact) mass is 388 g/mol. The lowest BCUT2D eigenvalue weighted by molar-refractivity contribution is 0.0970. The van der Waals surface area contributed by atoms with Crippen molar-refractivity contribution in [3.05, 3.63) is 58.7 Å². The molecule has 3 N–H and O–H groups in total. The molecule has 0 unspecified atom stereocenters. The van der Waals surface area contributed by atoms with Gasteiger partial charge in [0, 0.05) is 29.0 Å². The van der Waals surface area contributed by atoms with E-state index < -0.39 is 0 Å². The summed E-state index contributed by atoms with van der Waals surface area (Å²) in [6.45, 7) is 0. The molecule has 3 aromatic heterocycles. The van der Waals surface area contributed by atoms with E-state index in [0.29, 0.717) is 38.5 Å². The molecule has 28 heavy (non-hydrogen) atoms. The van der Waals surface area contributed by atoms with E-state index in [4.69, 9.17) is 5.73 Å². The number of nitrogen functional groups attached to an aromatic ring is 1. The highest BCUT2D eigenvalue weighted by molar-refractivity contribution is 7.21. The molecule has 7 heteroatoms. The average Bonchev–Trinajstić information content (AvgIpc) is 3.03. The van der Waals surface area contributed by atoms with E-state index in [2.05, 4.69) is 15.3 Å². The van der Waals surface area contributed by atoms with Gasteiger partial charge in [-0.3, -0.25) is 14.6 Å². The molecule has 1 aliphatic rings. The van der Waals surface area contributed by atoms with E-state index in [1.807, 2.05) is 30.3 Å². The van der Waals surface area contributed by atoms with Crippen LogP contribution in [0.4, 0.5) is 11.4 Å². The molecule has 6 nitrogen and oxygen atoms in total. The van der Waals surface area contributed by atoms with Crippen LogP contribution in [-0.4, -0.2) is 21.7 Å². The first kappa shape index (κ1) is 16.8. The van der Waals surface area contributed by atoms with Crippen molar-refractivity contribution < 1.29 is 9.59 Å². The first-order valence-corrected chi connectivity index (χ1v) is 9.83. The Morgan fingerprint density at radius 3 is 2.93 bits per heavy atom. The number of benzene rings is 1. The molecule has 0 fully saturated rings. The van der Waals surface area contributed by atoms with Gasteiger partial charge in [0.15, 0.2) is 5.78 Å². The predicted octanol–water partition coefficient (Wildman–Crippen LogP) is 4.20. The largest absolute Gasteiger partial charge is 0.397 e. The van der Waals surface area contributed by atoms with Gasteiger partial charge in [-0.25, -0.2) is 4.98 Å². The van der Waals surface area contributed by atoms with E-state index in [9.17, 15) is 9.59 Å². The van der Waals surface area contributed by atoms with Gasteiger partial charge >= 0.3 is 0 Å². The van der Waals surface area contributed by atoms with Crippen LogP contribution >= 0.6 is 11.3 Å². The Bertz CT molecular complexity index is 1270. The van der Waals surface area contributed by atoms with Gasteiger partial charge in [-0.1, -0.05) is 18.2 Å². The number of anilines is 2. The third-order valence-corrected chi connectivity index (χ3v) is 6.12. The van der Waals surface area contributed by atoms with Crippen molar-refractivity contribution in [3.8, 4) is 0 Å². The van der Waals surface area contributed by atoms with Crippen LogP contribution in [0.5, 0.6) is 0 Å². The van der Waals surface area contributed by atoms with Crippen molar-refractivity contribution in [2.45, 2.75) is 19.3 Å². The maximum Gasteiger partial charge on any atom is 0.268 e. The second kappa shape index (κ2) is 6.38. The van der Waals surface area contributed by atoms with Crippen LogP contribution in [0.3, 0.4) is 0 Å². The van der Waals surface area contributed by atoms with E-state index >= 15 is 0 Å². The Kier molecular flexibility index (Phi) is 3.84. The molecular formula is C21H16N4O2S. The third-order valence-electron chi connectivity index (χ3n) is 5.00. The van der Waals surface area contributed by atoms with Crippen LogP contribution in [0.25, 0.3) is 21.1 Å². The highest BCUT2D eigenvalue weighted by Crippen LogP contribution is 2.36. The van der Waals surface area contributed by atoms with Crippen LogP contribution in [0.2, 0.25) is 0 Å². The second-order valence-electron chi connectivity index (χ2n) is 6.79. The number of Topliss-reactive ketones (excluding diaryl/α,β-unsaturated/α-hetero) is 1. The quantitative estimate of drug-likeness (QED) is 0.536. The van der Waals surface area contributed by atoms with Crippen molar-refractivity contribution in [2.24, 2.45) is 0 Å². The predicted molar refractivity (Wildman–Crippen MR) is 111 cm³/mol. The summed E-state index contributed by atoms with van der Waals surface area (Å²) < 4.78 is 0. The minimum Gasteiger partial charge on any atom is -0.397 e. The van der Waals surface area contributed by atoms with Crippen molar-refractivity contribution in [2.75, 3.05) is 11.1 Å². The number of aryl methyl sites for hydroxylation is 1. The van der Waals surface area contributed by atoms with Gasteiger partial charge in [-0.15, -0.1) is 11.3 Å². The Morgan fingerprint density at radius 2 is 2.04 bits per heavy atom. The molecule has 0 bridgehead atoms. The lowest BCUT2D eigenvalue weighted by atomic mass is 9.94.